The van der Waals surface area contributed by atoms with Crippen LogP contribution in [0.5, 0.6) is 0 Å². The van der Waals surface area contributed by atoms with Gasteiger partial charge in [0, 0.05) is 39.9 Å². The summed E-state index contributed by atoms with van der Waals surface area (Å²) in [4.78, 5) is 8.50. The molecule has 0 heterocycles. The van der Waals surface area contributed by atoms with Crippen LogP contribution in [-0.4, -0.2) is 5.23 Å². The molecule has 3 heteroatoms. The van der Waals surface area contributed by atoms with Gasteiger partial charge in [-0.1, -0.05) is 0 Å². The van der Waals surface area contributed by atoms with Gasteiger partial charge in [-0.3, -0.25) is 0 Å². The zero-order valence-corrected chi connectivity index (χ0v) is 8.34. The standard InChI is InChI=1S/COS.Hg/c2-1-3;. The smallest absolute Gasteiger partial charge is 0.202 e. The van der Waals surface area contributed by atoms with E-state index in [0.717, 1.165) is 5.23 Å². The van der Waals surface area contributed by atoms with E-state index in [4.69, 9.17) is 4.79 Å². The van der Waals surface area contributed by atoms with Crippen molar-refractivity contribution in [2.75, 3.05) is 0 Å². The molecular formula is CHgOS. The number of rotatable bonds is 0. The topological polar surface area (TPSA) is 17.1 Å². The molecule has 0 spiro atoms. The summed E-state index contributed by atoms with van der Waals surface area (Å²) in [5, 5.41) is 1.08. The van der Waals surface area contributed by atoms with Gasteiger partial charge in [-0.15, -0.1) is 0 Å². The van der Waals surface area contributed by atoms with Gasteiger partial charge in [0.25, 0.3) is 0 Å². The molecule has 0 rings (SSSR count). The summed E-state index contributed by atoms with van der Waals surface area (Å²) >= 11 is 3.59. The van der Waals surface area contributed by atoms with Crippen molar-refractivity contribution < 1.29 is 32.5 Å². The number of thiocarbonyl (C=S) groups is 1. The van der Waals surface area contributed by atoms with Gasteiger partial charge < -0.3 is 0 Å². The fraction of sp³-hybridized carbons (Fsp3) is 0. The van der Waals surface area contributed by atoms with Crippen molar-refractivity contribution in [2.45, 2.75) is 0 Å². The van der Waals surface area contributed by atoms with E-state index in [1.807, 2.05) is 0 Å². The van der Waals surface area contributed by atoms with Gasteiger partial charge in [0.2, 0.25) is 5.23 Å². The molecule has 0 saturated heterocycles. The second kappa shape index (κ2) is 9.28. The van der Waals surface area contributed by atoms with E-state index in [1.54, 1.807) is 0 Å². The normalized spacial score (nSPS) is 2.00. The van der Waals surface area contributed by atoms with Gasteiger partial charge in [0.15, 0.2) is 0 Å². The molecule has 0 aliphatic rings. The Morgan fingerprint density at radius 2 is 1.75 bits per heavy atom. The molecule has 0 atom stereocenters. The first-order valence-electron chi connectivity index (χ1n) is 0.408. The van der Waals surface area contributed by atoms with E-state index < -0.39 is 0 Å². The molecule has 0 aromatic carbocycles. The van der Waals surface area contributed by atoms with Gasteiger partial charge in [0.1, 0.15) is 0 Å². The number of hydrogen-bond acceptors (Lipinski definition) is 2. The van der Waals surface area contributed by atoms with E-state index in [-0.39, 0.29) is 27.7 Å². The van der Waals surface area contributed by atoms with Crippen LogP contribution in [0.4, 0.5) is 0 Å². The van der Waals surface area contributed by atoms with Gasteiger partial charge in [-0.05, 0) is 0 Å². The van der Waals surface area contributed by atoms with Crippen molar-refractivity contribution in [3.63, 3.8) is 0 Å². The molecule has 0 bridgehead atoms. The Bertz CT molecular complexity index is 29.0. The van der Waals surface area contributed by atoms with Crippen LogP contribution in [0.15, 0.2) is 0 Å². The summed E-state index contributed by atoms with van der Waals surface area (Å²) < 4.78 is 0. The summed E-state index contributed by atoms with van der Waals surface area (Å²) in [6.07, 6.45) is 0. The van der Waals surface area contributed by atoms with Crippen molar-refractivity contribution in [1.29, 1.82) is 0 Å². The number of hydrogen-bond donors (Lipinski definition) is 0. The van der Waals surface area contributed by atoms with Crippen LogP contribution in [0, 0.1) is 0 Å². The maximum Gasteiger partial charge on any atom is 0.202 e. The Morgan fingerprint density at radius 3 is 1.75 bits per heavy atom. The molecular weight excluding hydrogens is 261 g/mol. The third-order valence-electron chi connectivity index (χ3n) is 0. The Hall–Kier alpha value is 0.735. The van der Waals surface area contributed by atoms with Gasteiger partial charge in [-0.2, -0.15) is 0 Å². The van der Waals surface area contributed by atoms with Crippen molar-refractivity contribution >= 4 is 17.5 Å². The van der Waals surface area contributed by atoms with E-state index in [2.05, 4.69) is 12.2 Å². The number of carbonyl (C=O) groups excluding carboxylic acids is 1. The van der Waals surface area contributed by atoms with E-state index >= 15 is 0 Å². The Labute approximate surface area is 49.9 Å². The molecule has 18 valence electrons. The molecule has 1 nitrogen and oxygen atoms in total. The van der Waals surface area contributed by atoms with Gasteiger partial charge in [-0.25, -0.2) is 4.79 Å². The fourth-order valence-electron chi connectivity index (χ4n) is 0. The summed E-state index contributed by atoms with van der Waals surface area (Å²) in [6.45, 7) is 0. The monoisotopic (exact) mass is 262 g/mol. The molecule has 0 aromatic rings. The first-order valence-corrected chi connectivity index (χ1v) is 0.816. The Morgan fingerprint density at radius 1 is 1.75 bits per heavy atom. The Balaban J connectivity index is 0. The van der Waals surface area contributed by atoms with Crippen molar-refractivity contribution in [3.8, 4) is 0 Å². The van der Waals surface area contributed by atoms with Gasteiger partial charge >= 0.3 is 0 Å². The second-order valence-corrected chi connectivity index (χ2v) is 0.250. The summed E-state index contributed by atoms with van der Waals surface area (Å²) in [5.74, 6) is 0. The summed E-state index contributed by atoms with van der Waals surface area (Å²) in [6, 6.07) is 0. The maximum atomic E-state index is 8.50. The first-order chi connectivity index (χ1) is 1.41. The largest absolute Gasteiger partial charge is 0.220 e. The molecule has 0 aliphatic carbocycles. The molecule has 4 heavy (non-hydrogen) atoms. The predicted molar refractivity (Wildman–Crippen MR) is 13.3 cm³/mol. The van der Waals surface area contributed by atoms with E-state index in [1.165, 1.54) is 0 Å². The van der Waals surface area contributed by atoms with Crippen LogP contribution in [0.25, 0.3) is 0 Å². The van der Waals surface area contributed by atoms with Crippen LogP contribution < -0.4 is 0 Å². The van der Waals surface area contributed by atoms with Crippen molar-refractivity contribution in [2.24, 2.45) is 0 Å². The van der Waals surface area contributed by atoms with Crippen molar-refractivity contribution in [1.82, 2.24) is 0 Å². The minimum absolute atomic E-state index is 0. The van der Waals surface area contributed by atoms with E-state index in [0.29, 0.717) is 0 Å². The quantitative estimate of drug-likeness (QED) is 0.459. The average Bonchev–Trinajstić information content (AvgIpc) is 0.918. The summed E-state index contributed by atoms with van der Waals surface area (Å²) in [7, 11) is 0. The molecule has 0 radical (unpaired) electrons. The van der Waals surface area contributed by atoms with Crippen LogP contribution in [0.3, 0.4) is 0 Å². The minimum atomic E-state index is 0. The molecule has 0 unspecified atom stereocenters. The molecule has 0 N–H and O–H groups in total. The third kappa shape index (κ3) is 15.2. The minimum Gasteiger partial charge on any atom is -0.220 e. The zero-order valence-electron chi connectivity index (χ0n) is 2.02. The van der Waals surface area contributed by atoms with Crippen LogP contribution >= 0.6 is 12.2 Å². The molecule has 0 saturated carbocycles. The predicted octanol–water partition coefficient (Wildman–Crippen LogP) is 0.249. The van der Waals surface area contributed by atoms with Crippen molar-refractivity contribution in [3.05, 3.63) is 0 Å². The molecule has 0 aromatic heterocycles. The molecule has 0 amide bonds. The molecule has 0 aliphatic heterocycles. The van der Waals surface area contributed by atoms with Crippen LogP contribution in [-0.2, 0) is 32.5 Å². The second-order valence-electron chi connectivity index (χ2n) is 0.0833. The maximum absolute atomic E-state index is 8.50. The van der Waals surface area contributed by atoms with E-state index in [9.17, 15) is 0 Å². The van der Waals surface area contributed by atoms with Crippen LogP contribution in [0.1, 0.15) is 0 Å². The molecule has 0 fully saturated rings. The summed E-state index contributed by atoms with van der Waals surface area (Å²) in [5.41, 5.74) is 0. The SMILES string of the molecule is O=C=S.[Hg]. The zero-order chi connectivity index (χ0) is 2.71. The fourth-order valence-corrected chi connectivity index (χ4v) is 0. The third-order valence-corrected chi connectivity index (χ3v) is 0. The first kappa shape index (κ1) is 8.83. The van der Waals surface area contributed by atoms with Gasteiger partial charge in [0.05, 0.1) is 0 Å². The average molecular weight is 261 g/mol. The Kier molecular flexibility index (Phi) is 20.5. The van der Waals surface area contributed by atoms with Crippen LogP contribution in [0.2, 0.25) is 0 Å².